The highest BCUT2D eigenvalue weighted by Crippen LogP contribution is 2.33. The van der Waals surface area contributed by atoms with E-state index in [4.69, 9.17) is 4.74 Å². The lowest BCUT2D eigenvalue weighted by atomic mass is 10.2. The summed E-state index contributed by atoms with van der Waals surface area (Å²) in [5, 5.41) is 11.4. The molecule has 0 spiro atoms. The quantitative estimate of drug-likeness (QED) is 0.395. The second kappa shape index (κ2) is 11.6. The van der Waals surface area contributed by atoms with E-state index in [-0.39, 0.29) is 13.2 Å². The number of alkyl halides is 3. The number of nitrogens with one attached hydrogen (secondary N) is 1. The monoisotopic (exact) mass is 558 g/mol. The summed E-state index contributed by atoms with van der Waals surface area (Å²) in [5.41, 5.74) is -0.310. The van der Waals surface area contributed by atoms with Crippen molar-refractivity contribution in [3.05, 3.63) is 53.0 Å². The van der Waals surface area contributed by atoms with Crippen LogP contribution in [0, 0.1) is 6.92 Å². The maximum atomic E-state index is 13.2. The molecule has 1 aliphatic rings. The molecule has 0 bridgehead atoms. The van der Waals surface area contributed by atoms with Crippen LogP contribution in [0.2, 0.25) is 0 Å². The van der Waals surface area contributed by atoms with Gasteiger partial charge in [-0.15, -0.1) is 11.3 Å². The number of aromatic nitrogens is 1. The maximum absolute atomic E-state index is 13.2. The van der Waals surface area contributed by atoms with Crippen LogP contribution in [0.15, 0.2) is 47.4 Å². The molecule has 1 saturated heterocycles. The molecule has 202 valence electrons. The van der Waals surface area contributed by atoms with Crippen LogP contribution in [0.5, 0.6) is 5.75 Å². The molecule has 37 heavy (non-hydrogen) atoms. The molecular formula is C24H29F3N4O4S2. The Kier molecular flexibility index (Phi) is 8.71. The van der Waals surface area contributed by atoms with Crippen molar-refractivity contribution in [2.24, 2.45) is 0 Å². The Hall–Kier alpha value is -2.29. The second-order valence-corrected chi connectivity index (χ2v) is 11.8. The number of benzene rings is 2. The van der Waals surface area contributed by atoms with Crippen molar-refractivity contribution in [3.63, 3.8) is 0 Å². The van der Waals surface area contributed by atoms with Gasteiger partial charge < -0.3 is 9.84 Å². The molecule has 2 N–H and O–H groups in total. The highest BCUT2D eigenvalue weighted by Gasteiger charge is 2.36. The van der Waals surface area contributed by atoms with Crippen LogP contribution in [0.25, 0.3) is 10.2 Å². The largest absolute Gasteiger partial charge is 0.491 e. The lowest BCUT2D eigenvalue weighted by molar-refractivity contribution is -0.139. The van der Waals surface area contributed by atoms with Gasteiger partial charge in [0, 0.05) is 51.9 Å². The van der Waals surface area contributed by atoms with E-state index in [1.165, 1.54) is 6.07 Å². The minimum absolute atomic E-state index is 0.00611. The molecule has 0 radical (unpaired) electrons. The van der Waals surface area contributed by atoms with E-state index in [9.17, 15) is 26.7 Å². The zero-order valence-electron chi connectivity index (χ0n) is 20.2. The van der Waals surface area contributed by atoms with Crippen molar-refractivity contribution in [2.75, 3.05) is 52.4 Å². The van der Waals surface area contributed by atoms with Crippen LogP contribution in [-0.4, -0.2) is 86.8 Å². The van der Waals surface area contributed by atoms with Crippen LogP contribution in [0.3, 0.4) is 0 Å². The van der Waals surface area contributed by atoms with E-state index >= 15 is 0 Å². The Morgan fingerprint density at radius 3 is 2.57 bits per heavy atom. The van der Waals surface area contributed by atoms with Crippen LogP contribution in [-0.2, 0) is 16.2 Å². The van der Waals surface area contributed by atoms with Crippen molar-refractivity contribution >= 4 is 31.6 Å². The van der Waals surface area contributed by atoms with Gasteiger partial charge in [-0.05, 0) is 31.2 Å². The Balaban J connectivity index is 1.18. The summed E-state index contributed by atoms with van der Waals surface area (Å²) in [6.07, 6.45) is -5.44. The molecule has 1 atom stereocenters. The SMILES string of the molecule is Cc1nc2cc(OC[C@H](O)CN3CCN(CCNS(=O)(=O)c4ccccc4C(F)(F)F)CC3)ccc2s1. The molecule has 0 aliphatic carbocycles. The third kappa shape index (κ3) is 7.39. The average Bonchev–Trinajstić information content (AvgIpc) is 3.22. The molecule has 0 saturated carbocycles. The molecular weight excluding hydrogens is 529 g/mol. The summed E-state index contributed by atoms with van der Waals surface area (Å²) in [6, 6.07) is 9.82. The fourth-order valence-corrected chi connectivity index (χ4v) is 6.26. The van der Waals surface area contributed by atoms with Gasteiger partial charge in [-0.1, -0.05) is 12.1 Å². The van der Waals surface area contributed by atoms with E-state index in [2.05, 4.69) is 14.6 Å². The summed E-state index contributed by atoms with van der Waals surface area (Å²) < 4.78 is 73.6. The molecule has 3 aromatic rings. The summed E-state index contributed by atoms with van der Waals surface area (Å²) in [5.74, 6) is 0.655. The van der Waals surface area contributed by atoms with Crippen LogP contribution in [0.1, 0.15) is 10.6 Å². The summed E-state index contributed by atoms with van der Waals surface area (Å²) in [4.78, 5) is 7.80. The molecule has 1 aromatic heterocycles. The predicted molar refractivity (Wildman–Crippen MR) is 135 cm³/mol. The zero-order valence-corrected chi connectivity index (χ0v) is 21.9. The van der Waals surface area contributed by atoms with E-state index in [0.717, 1.165) is 33.4 Å². The Labute approximate surface area is 217 Å². The molecule has 1 fully saturated rings. The van der Waals surface area contributed by atoms with Crippen molar-refractivity contribution in [3.8, 4) is 5.75 Å². The fraction of sp³-hybridized carbons (Fsp3) is 0.458. The minimum Gasteiger partial charge on any atom is -0.491 e. The van der Waals surface area contributed by atoms with E-state index in [0.29, 0.717) is 45.0 Å². The highest BCUT2D eigenvalue weighted by molar-refractivity contribution is 7.89. The number of fused-ring (bicyclic) bond motifs is 1. The van der Waals surface area contributed by atoms with E-state index in [1.807, 2.05) is 30.0 Å². The van der Waals surface area contributed by atoms with Gasteiger partial charge in [0.05, 0.1) is 25.7 Å². The van der Waals surface area contributed by atoms with Gasteiger partial charge in [0.1, 0.15) is 18.5 Å². The molecule has 2 aromatic carbocycles. The first-order valence-corrected chi connectivity index (χ1v) is 14.1. The number of ether oxygens (including phenoxy) is 1. The summed E-state index contributed by atoms with van der Waals surface area (Å²) in [7, 11) is -4.30. The number of hydrogen-bond donors (Lipinski definition) is 2. The van der Waals surface area contributed by atoms with E-state index < -0.39 is 32.8 Å². The predicted octanol–water partition coefficient (Wildman–Crippen LogP) is 2.96. The third-order valence-electron chi connectivity index (χ3n) is 6.04. The molecule has 13 heteroatoms. The van der Waals surface area contributed by atoms with Crippen LogP contribution >= 0.6 is 11.3 Å². The topological polar surface area (TPSA) is 95.0 Å². The van der Waals surface area contributed by atoms with Crippen molar-refractivity contribution in [1.29, 1.82) is 0 Å². The lowest BCUT2D eigenvalue weighted by Gasteiger charge is -2.35. The Bertz CT molecular complexity index is 1310. The van der Waals surface area contributed by atoms with Gasteiger partial charge in [-0.2, -0.15) is 13.2 Å². The first-order valence-electron chi connectivity index (χ1n) is 11.8. The van der Waals surface area contributed by atoms with Crippen LogP contribution < -0.4 is 9.46 Å². The molecule has 8 nitrogen and oxygen atoms in total. The van der Waals surface area contributed by atoms with Gasteiger partial charge in [-0.25, -0.2) is 18.1 Å². The molecule has 0 unspecified atom stereocenters. The summed E-state index contributed by atoms with van der Waals surface area (Å²) >= 11 is 1.61. The number of thiazole rings is 1. The smallest absolute Gasteiger partial charge is 0.417 e. The summed E-state index contributed by atoms with van der Waals surface area (Å²) in [6.45, 7) is 5.53. The number of sulfonamides is 1. The van der Waals surface area contributed by atoms with E-state index in [1.54, 1.807) is 11.3 Å². The average molecular weight is 559 g/mol. The van der Waals surface area contributed by atoms with Gasteiger partial charge >= 0.3 is 6.18 Å². The van der Waals surface area contributed by atoms with Gasteiger partial charge in [0.15, 0.2) is 0 Å². The number of aryl methyl sites for hydroxylation is 1. The highest BCUT2D eigenvalue weighted by atomic mass is 32.2. The van der Waals surface area contributed by atoms with Crippen LogP contribution in [0.4, 0.5) is 13.2 Å². The number of rotatable bonds is 10. The van der Waals surface area contributed by atoms with Gasteiger partial charge in [0.2, 0.25) is 10.0 Å². The third-order valence-corrected chi connectivity index (χ3v) is 8.52. The van der Waals surface area contributed by atoms with Gasteiger partial charge in [-0.3, -0.25) is 9.80 Å². The van der Waals surface area contributed by atoms with Gasteiger partial charge in [0.25, 0.3) is 0 Å². The first kappa shape index (κ1) is 27.7. The molecule has 0 amide bonds. The maximum Gasteiger partial charge on any atom is 0.417 e. The Morgan fingerprint density at radius 2 is 1.84 bits per heavy atom. The fourth-order valence-electron chi connectivity index (χ4n) is 4.20. The number of hydrogen-bond acceptors (Lipinski definition) is 8. The number of nitrogens with zero attached hydrogens (tertiary/aromatic N) is 3. The second-order valence-electron chi connectivity index (χ2n) is 8.86. The number of halogens is 3. The van der Waals surface area contributed by atoms with Crippen molar-refractivity contribution in [2.45, 2.75) is 24.1 Å². The Morgan fingerprint density at radius 1 is 1.14 bits per heavy atom. The number of aliphatic hydroxyl groups excluding tert-OH is 1. The number of aliphatic hydroxyl groups is 1. The van der Waals surface area contributed by atoms with Crippen molar-refractivity contribution < 1.29 is 31.4 Å². The molecule has 4 rings (SSSR count). The standard InChI is InChI=1S/C24H29F3N4O4S2/c1-17-29-21-14-19(6-7-22(21)36-17)35-16-18(32)15-31-12-10-30(11-13-31)9-8-28-37(33,34)23-5-3-2-4-20(23)24(25,26)27/h2-7,14,18,28,32H,8-13,15-16H2,1H3/t18-/m1/s1. The van der Waals surface area contributed by atoms with Crippen molar-refractivity contribution in [1.82, 2.24) is 19.5 Å². The molecule has 2 heterocycles. The zero-order chi connectivity index (χ0) is 26.6. The number of β-amino-alcohol motifs (C(OH)–C–C–N with tert-alkyl or cyclic N) is 1. The lowest BCUT2D eigenvalue weighted by Crippen LogP contribution is -2.50. The normalized spacial score (nSPS) is 16.8. The minimum atomic E-state index is -4.76. The number of piperazine rings is 1. The first-order chi connectivity index (χ1) is 17.5. The molecule has 1 aliphatic heterocycles.